The van der Waals surface area contributed by atoms with Gasteiger partial charge in [0.05, 0.1) is 29.0 Å². The summed E-state index contributed by atoms with van der Waals surface area (Å²) in [6.07, 6.45) is 6.25. The first-order valence-corrected chi connectivity index (χ1v) is 19.7. The topological polar surface area (TPSA) is 162 Å². The van der Waals surface area contributed by atoms with Crippen LogP contribution in [0.5, 0.6) is 0 Å². The maximum atomic E-state index is 16.0. The molecule has 52 heavy (non-hydrogen) atoms. The number of alkyl halides is 1. The van der Waals surface area contributed by atoms with Gasteiger partial charge in [-0.2, -0.15) is 0 Å². The average molecular weight is 746 g/mol. The SMILES string of the molecule is CC(C)(C)OC(=O)N[C@H](CF)[C@H]1CC[C@H](C(=O)[N+]2(c3ccc(C(=O)NS(=O)(=O)c4ccccc4)c(F)c3)CC[C@@H](C3CCCCC3)[C@H]2C(N)=O)CC1. The second-order valence-corrected chi connectivity index (χ2v) is 17.2. The van der Waals surface area contributed by atoms with E-state index in [-0.39, 0.29) is 40.8 Å². The van der Waals surface area contributed by atoms with Gasteiger partial charge in [0.1, 0.15) is 23.8 Å². The van der Waals surface area contributed by atoms with E-state index in [4.69, 9.17) is 10.5 Å². The van der Waals surface area contributed by atoms with E-state index in [1.165, 1.54) is 30.3 Å². The van der Waals surface area contributed by atoms with Crippen LogP contribution in [-0.2, 0) is 24.3 Å². The molecule has 0 aromatic heterocycles. The summed E-state index contributed by atoms with van der Waals surface area (Å²) in [5, 5.41) is 2.64. The molecule has 1 saturated heterocycles. The lowest BCUT2D eigenvalue weighted by atomic mass is 9.75. The van der Waals surface area contributed by atoms with E-state index in [2.05, 4.69) is 5.32 Å². The first-order valence-electron chi connectivity index (χ1n) is 18.3. The Bertz CT molecular complexity index is 1740. The Morgan fingerprint density at radius 3 is 2.17 bits per heavy atom. The highest BCUT2D eigenvalue weighted by Gasteiger charge is 2.60. The van der Waals surface area contributed by atoms with Crippen LogP contribution < -0.4 is 20.3 Å². The van der Waals surface area contributed by atoms with E-state index in [9.17, 15) is 32.0 Å². The lowest BCUT2D eigenvalue weighted by Gasteiger charge is -2.42. The minimum Gasteiger partial charge on any atom is -0.444 e. The Kier molecular flexibility index (Phi) is 12.1. The summed E-state index contributed by atoms with van der Waals surface area (Å²) in [5.74, 6) is -4.04. The number of amides is 4. The van der Waals surface area contributed by atoms with Gasteiger partial charge < -0.3 is 15.8 Å². The molecule has 14 heteroatoms. The zero-order valence-electron chi connectivity index (χ0n) is 30.1. The molecule has 0 spiro atoms. The van der Waals surface area contributed by atoms with Crippen molar-refractivity contribution < 1.29 is 41.1 Å². The quantitative estimate of drug-likeness (QED) is 0.255. The standard InChI is InChI=1S/C38H50F2N4O7S/c1-38(2,3)51-37(48)42-32(23-39)25-14-16-26(17-15-25)36(47)44(21-20-29(33(44)34(41)45)24-10-6-4-7-11-24)27-18-19-30(31(40)22-27)35(46)43-52(49,50)28-12-8-5-9-13-28/h5,8-9,12-13,18-19,22,24-26,29,32-33H,4,6-7,10-11,14-17,20-21,23H2,1-3H3,(H3-,41,42,43,45,46,48)/p+1/t25-,26-,29-,32+,33-,44?/m0/s1. The third-order valence-corrected chi connectivity index (χ3v) is 12.5. The van der Waals surface area contributed by atoms with Crippen LogP contribution in [0.4, 0.5) is 19.3 Å². The summed E-state index contributed by atoms with van der Waals surface area (Å²) >= 11 is 0. The number of halogens is 2. The molecule has 3 fully saturated rings. The first kappa shape index (κ1) is 39.3. The van der Waals surface area contributed by atoms with E-state index in [1.54, 1.807) is 26.8 Å². The normalized spacial score (nSPS) is 26.2. The molecule has 5 rings (SSSR count). The summed E-state index contributed by atoms with van der Waals surface area (Å²) in [4.78, 5) is 53.8. The number of sulfonamides is 1. The number of likely N-dealkylation sites (tertiary alicyclic amines) is 1. The molecule has 3 aliphatic rings. The smallest absolute Gasteiger partial charge is 0.407 e. The van der Waals surface area contributed by atoms with Gasteiger partial charge in [-0.1, -0.05) is 37.5 Å². The van der Waals surface area contributed by atoms with Crippen molar-refractivity contribution >= 4 is 39.5 Å². The predicted molar refractivity (Wildman–Crippen MR) is 191 cm³/mol. The fraction of sp³-hybridized carbons (Fsp3) is 0.579. The van der Waals surface area contributed by atoms with Gasteiger partial charge in [0.15, 0.2) is 6.04 Å². The number of alkyl carbamates (subject to hydrolysis) is 1. The Morgan fingerprint density at radius 1 is 0.942 bits per heavy atom. The monoisotopic (exact) mass is 745 g/mol. The van der Waals surface area contributed by atoms with Crippen molar-refractivity contribution in [2.45, 2.75) is 108 Å². The van der Waals surface area contributed by atoms with Crippen LogP contribution >= 0.6 is 0 Å². The molecule has 284 valence electrons. The number of carbonyl (C=O) groups is 4. The van der Waals surface area contributed by atoms with E-state index in [1.807, 2.05) is 4.72 Å². The van der Waals surface area contributed by atoms with Gasteiger partial charge in [-0.3, -0.25) is 9.59 Å². The van der Waals surface area contributed by atoms with E-state index in [0.29, 0.717) is 32.1 Å². The van der Waals surface area contributed by atoms with Crippen molar-refractivity contribution in [3.05, 3.63) is 59.9 Å². The van der Waals surface area contributed by atoms with Gasteiger partial charge in [0.2, 0.25) is 0 Å². The summed E-state index contributed by atoms with van der Waals surface area (Å²) in [6.45, 7) is 4.55. The highest BCUT2D eigenvalue weighted by Crippen LogP contribution is 2.47. The van der Waals surface area contributed by atoms with Crippen LogP contribution in [-0.4, -0.2) is 63.1 Å². The molecule has 2 aliphatic carbocycles. The first-order chi connectivity index (χ1) is 24.6. The molecule has 1 heterocycles. The Hall–Kier alpha value is -3.91. The summed E-state index contributed by atoms with van der Waals surface area (Å²) in [6, 6.07) is 9.05. The molecule has 4 N–H and O–H groups in total. The number of ether oxygens (including phenoxy) is 1. The second-order valence-electron chi connectivity index (χ2n) is 15.6. The molecule has 1 aliphatic heterocycles. The maximum Gasteiger partial charge on any atom is 0.407 e. The van der Waals surface area contributed by atoms with Gasteiger partial charge in [-0.15, -0.1) is 0 Å². The highest BCUT2D eigenvalue weighted by atomic mass is 32.2. The molecule has 1 unspecified atom stereocenters. The molecule has 4 amide bonds. The van der Waals surface area contributed by atoms with Gasteiger partial charge >= 0.3 is 12.0 Å². The van der Waals surface area contributed by atoms with Crippen LogP contribution in [0.3, 0.4) is 0 Å². The molecular formula is C38H51F2N4O7S+. The lowest BCUT2D eigenvalue weighted by Crippen LogP contribution is -2.65. The number of nitrogens with one attached hydrogen (secondary N) is 2. The lowest BCUT2D eigenvalue weighted by molar-refractivity contribution is -0.142. The fourth-order valence-electron chi connectivity index (χ4n) is 8.73. The Labute approximate surface area is 304 Å². The van der Waals surface area contributed by atoms with Crippen molar-refractivity contribution in [2.75, 3.05) is 13.2 Å². The van der Waals surface area contributed by atoms with Gasteiger partial charge in [0.25, 0.3) is 21.8 Å². The Balaban J connectivity index is 1.44. The minimum atomic E-state index is -4.30. The predicted octanol–water partition coefficient (Wildman–Crippen LogP) is 5.90. The number of primary amides is 1. The van der Waals surface area contributed by atoms with Gasteiger partial charge in [-0.05, 0) is 89.3 Å². The van der Waals surface area contributed by atoms with Gasteiger partial charge in [0, 0.05) is 24.5 Å². The maximum absolute atomic E-state index is 16.0. The van der Waals surface area contributed by atoms with E-state index in [0.717, 1.165) is 44.2 Å². The number of benzene rings is 2. The van der Waals surface area contributed by atoms with Crippen LogP contribution in [0.15, 0.2) is 53.4 Å². The molecule has 2 aromatic rings. The van der Waals surface area contributed by atoms with Gasteiger partial charge in [-0.25, -0.2) is 36.0 Å². The number of quaternary nitrogens is 1. The molecular weight excluding hydrogens is 695 g/mol. The number of hydrogen-bond acceptors (Lipinski definition) is 7. The van der Waals surface area contributed by atoms with Crippen molar-refractivity contribution in [2.24, 2.45) is 29.4 Å². The number of rotatable bonds is 10. The van der Waals surface area contributed by atoms with E-state index >= 15 is 4.39 Å². The summed E-state index contributed by atoms with van der Waals surface area (Å²) < 4.78 is 62.5. The Morgan fingerprint density at radius 2 is 1.60 bits per heavy atom. The minimum absolute atomic E-state index is 0.164. The molecule has 2 saturated carbocycles. The zero-order chi connectivity index (χ0) is 37.8. The fourth-order valence-corrected chi connectivity index (χ4v) is 9.72. The van der Waals surface area contributed by atoms with Crippen molar-refractivity contribution in [3.63, 3.8) is 0 Å². The van der Waals surface area contributed by atoms with Crippen LogP contribution in [0.2, 0.25) is 0 Å². The number of nitrogens with zero attached hydrogens (tertiary/aromatic N) is 1. The van der Waals surface area contributed by atoms with Crippen molar-refractivity contribution in [1.82, 2.24) is 14.5 Å². The average Bonchev–Trinajstić information content (AvgIpc) is 3.52. The van der Waals surface area contributed by atoms with Crippen molar-refractivity contribution in [1.29, 1.82) is 0 Å². The van der Waals surface area contributed by atoms with Crippen LogP contribution in [0.1, 0.15) is 95.3 Å². The highest BCUT2D eigenvalue weighted by molar-refractivity contribution is 7.90. The number of hydrogen-bond donors (Lipinski definition) is 3. The number of carbonyl (C=O) groups excluding carboxylic acids is 4. The summed E-state index contributed by atoms with van der Waals surface area (Å²) in [7, 11) is -4.30. The molecule has 11 nitrogen and oxygen atoms in total. The largest absolute Gasteiger partial charge is 0.444 e. The molecule has 2 aromatic carbocycles. The van der Waals surface area contributed by atoms with Crippen LogP contribution in [0, 0.1) is 29.5 Å². The molecule has 0 radical (unpaired) electrons. The number of nitrogens with two attached hydrogens (primary N) is 1. The zero-order valence-corrected chi connectivity index (χ0v) is 30.9. The van der Waals surface area contributed by atoms with E-state index < -0.39 is 74.1 Å². The third kappa shape index (κ3) is 8.48. The summed E-state index contributed by atoms with van der Waals surface area (Å²) in [5.41, 5.74) is 5.04. The second kappa shape index (κ2) is 16.0. The molecule has 0 bridgehead atoms. The molecule has 4 atom stereocenters. The third-order valence-electron chi connectivity index (χ3n) is 11.1. The van der Waals surface area contributed by atoms with Crippen molar-refractivity contribution in [3.8, 4) is 0 Å². The van der Waals surface area contributed by atoms with Crippen LogP contribution in [0.25, 0.3) is 0 Å².